The molecule has 1 saturated carbocycles. The van der Waals surface area contributed by atoms with Gasteiger partial charge in [0.25, 0.3) is 0 Å². The largest absolute Gasteiger partial charge is 0.354 e. The zero-order valence-corrected chi connectivity index (χ0v) is 12.2. The molecule has 1 amide bonds. The lowest BCUT2D eigenvalue weighted by Gasteiger charge is -2.25. The predicted octanol–water partition coefficient (Wildman–Crippen LogP) is 2.22. The fourth-order valence-corrected chi connectivity index (χ4v) is 2.11. The molecule has 1 fully saturated rings. The fourth-order valence-electron chi connectivity index (χ4n) is 2.11. The third-order valence-corrected chi connectivity index (χ3v) is 3.75. The van der Waals surface area contributed by atoms with E-state index >= 15 is 0 Å². The average Bonchev–Trinajstić information content (AvgIpc) is 3.21. The van der Waals surface area contributed by atoms with E-state index in [-0.39, 0.29) is 17.1 Å². The highest BCUT2D eigenvalue weighted by atomic mass is 19.1. The molecule has 1 aromatic carbocycles. The van der Waals surface area contributed by atoms with E-state index in [1.54, 1.807) is 6.07 Å². The number of rotatable bonds is 7. The summed E-state index contributed by atoms with van der Waals surface area (Å²) in [4.78, 5) is 11.7. The van der Waals surface area contributed by atoms with Crippen LogP contribution in [0.5, 0.6) is 0 Å². The Balaban J connectivity index is 1.77. The number of hydrogen-bond acceptors (Lipinski definition) is 2. The van der Waals surface area contributed by atoms with Crippen LogP contribution in [-0.2, 0) is 10.2 Å². The Kier molecular flexibility index (Phi) is 4.76. The van der Waals surface area contributed by atoms with E-state index < -0.39 is 0 Å². The lowest BCUT2D eigenvalue weighted by Crippen LogP contribution is -2.41. The minimum absolute atomic E-state index is 0.00451. The van der Waals surface area contributed by atoms with Gasteiger partial charge in [-0.3, -0.25) is 4.79 Å². The van der Waals surface area contributed by atoms with Crippen LogP contribution in [0.3, 0.4) is 0 Å². The van der Waals surface area contributed by atoms with E-state index in [1.807, 2.05) is 19.9 Å². The molecular formula is C16H23FN2O. The second kappa shape index (κ2) is 6.35. The summed E-state index contributed by atoms with van der Waals surface area (Å²) in [7, 11) is 0. The smallest absolute Gasteiger partial charge is 0.233 e. The quantitative estimate of drug-likeness (QED) is 0.803. The molecule has 2 N–H and O–H groups in total. The first-order valence-electron chi connectivity index (χ1n) is 7.21. The van der Waals surface area contributed by atoms with Crippen LogP contribution in [0.1, 0.15) is 32.3 Å². The van der Waals surface area contributed by atoms with Gasteiger partial charge in [0, 0.05) is 12.0 Å². The predicted molar refractivity (Wildman–Crippen MR) is 78.0 cm³/mol. The van der Waals surface area contributed by atoms with E-state index in [9.17, 15) is 9.18 Å². The number of hydrogen-bond donors (Lipinski definition) is 2. The van der Waals surface area contributed by atoms with Crippen molar-refractivity contribution in [2.75, 3.05) is 19.6 Å². The molecule has 0 saturated heterocycles. The van der Waals surface area contributed by atoms with Crippen LogP contribution in [0.15, 0.2) is 24.3 Å². The highest BCUT2D eigenvalue weighted by Gasteiger charge is 2.23. The molecule has 2 rings (SSSR count). The van der Waals surface area contributed by atoms with Crippen molar-refractivity contribution in [1.29, 1.82) is 0 Å². The maximum Gasteiger partial charge on any atom is 0.233 e. The van der Waals surface area contributed by atoms with Crippen LogP contribution in [0, 0.1) is 11.7 Å². The number of carbonyl (C=O) groups excluding carboxylic acids is 1. The van der Waals surface area contributed by atoms with Gasteiger partial charge in [-0.1, -0.05) is 26.0 Å². The van der Waals surface area contributed by atoms with Gasteiger partial charge in [-0.2, -0.15) is 0 Å². The molecule has 1 aliphatic carbocycles. The molecular weight excluding hydrogens is 255 g/mol. The monoisotopic (exact) mass is 278 g/mol. The van der Waals surface area contributed by atoms with Gasteiger partial charge in [-0.05, 0) is 43.0 Å². The number of amides is 1. The third-order valence-electron chi connectivity index (χ3n) is 3.75. The van der Waals surface area contributed by atoms with Gasteiger partial charge in [0.15, 0.2) is 0 Å². The first-order chi connectivity index (χ1) is 9.47. The Morgan fingerprint density at radius 1 is 1.40 bits per heavy atom. The van der Waals surface area contributed by atoms with Crippen LogP contribution in [0.4, 0.5) is 4.39 Å². The Bertz CT molecular complexity index is 469. The minimum Gasteiger partial charge on any atom is -0.354 e. The molecule has 0 aliphatic heterocycles. The van der Waals surface area contributed by atoms with Crippen molar-refractivity contribution in [2.45, 2.75) is 32.1 Å². The summed E-state index contributed by atoms with van der Waals surface area (Å²) in [5, 5.41) is 6.07. The van der Waals surface area contributed by atoms with Crippen molar-refractivity contribution < 1.29 is 9.18 Å². The lowest BCUT2D eigenvalue weighted by atomic mass is 9.84. The summed E-state index contributed by atoms with van der Waals surface area (Å²) < 4.78 is 13.2. The number of halogens is 1. The van der Waals surface area contributed by atoms with Crippen molar-refractivity contribution in [3.05, 3.63) is 35.6 Å². The van der Waals surface area contributed by atoms with Gasteiger partial charge < -0.3 is 10.6 Å². The van der Waals surface area contributed by atoms with Crippen LogP contribution in [0.25, 0.3) is 0 Å². The van der Waals surface area contributed by atoms with Crippen molar-refractivity contribution in [2.24, 2.45) is 5.92 Å². The summed E-state index contributed by atoms with van der Waals surface area (Å²) in [5.41, 5.74) is 0.609. The average molecular weight is 278 g/mol. The first-order valence-corrected chi connectivity index (χ1v) is 7.21. The maximum absolute atomic E-state index is 13.2. The Labute approximate surface area is 120 Å². The van der Waals surface area contributed by atoms with Gasteiger partial charge in [-0.25, -0.2) is 4.39 Å². The molecule has 0 atom stereocenters. The van der Waals surface area contributed by atoms with Crippen LogP contribution in [-0.4, -0.2) is 25.5 Å². The SMILES string of the molecule is CC(C)(CNC(=O)CNCC1CC1)c1cccc(F)c1. The van der Waals surface area contributed by atoms with Crippen molar-refractivity contribution in [1.82, 2.24) is 10.6 Å². The topological polar surface area (TPSA) is 41.1 Å². The van der Waals surface area contributed by atoms with Crippen LogP contribution in [0.2, 0.25) is 0 Å². The summed E-state index contributed by atoms with van der Waals surface area (Å²) >= 11 is 0. The molecule has 0 radical (unpaired) electrons. The Morgan fingerprint density at radius 2 is 2.15 bits per heavy atom. The second-order valence-corrected chi connectivity index (χ2v) is 6.25. The number of benzene rings is 1. The molecule has 20 heavy (non-hydrogen) atoms. The van der Waals surface area contributed by atoms with E-state index in [1.165, 1.54) is 25.0 Å². The van der Waals surface area contributed by atoms with Crippen molar-refractivity contribution in [3.63, 3.8) is 0 Å². The third kappa shape index (κ3) is 4.60. The summed E-state index contributed by atoms with van der Waals surface area (Å²) in [6, 6.07) is 6.55. The zero-order valence-electron chi connectivity index (χ0n) is 12.2. The highest BCUT2D eigenvalue weighted by molar-refractivity contribution is 5.78. The van der Waals surface area contributed by atoms with Gasteiger partial charge in [0.05, 0.1) is 6.54 Å². The van der Waals surface area contributed by atoms with E-state index in [0.29, 0.717) is 13.1 Å². The minimum atomic E-state index is -0.283. The summed E-state index contributed by atoms with van der Waals surface area (Å²) in [6.45, 7) is 5.79. The van der Waals surface area contributed by atoms with E-state index in [2.05, 4.69) is 10.6 Å². The molecule has 0 spiro atoms. The molecule has 0 unspecified atom stereocenters. The van der Waals surface area contributed by atoms with E-state index in [4.69, 9.17) is 0 Å². The molecule has 0 heterocycles. The normalized spacial score (nSPS) is 15.2. The summed E-state index contributed by atoms with van der Waals surface area (Å²) in [6.07, 6.45) is 2.56. The summed E-state index contributed by atoms with van der Waals surface area (Å²) in [5.74, 6) is 0.523. The van der Waals surface area contributed by atoms with Gasteiger partial charge >= 0.3 is 0 Å². The van der Waals surface area contributed by atoms with E-state index in [0.717, 1.165) is 18.0 Å². The van der Waals surface area contributed by atoms with Gasteiger partial charge in [-0.15, -0.1) is 0 Å². The zero-order chi connectivity index (χ0) is 14.6. The Hall–Kier alpha value is -1.42. The number of carbonyl (C=O) groups is 1. The van der Waals surface area contributed by atoms with Crippen LogP contribution >= 0.6 is 0 Å². The Morgan fingerprint density at radius 3 is 2.80 bits per heavy atom. The maximum atomic E-state index is 13.2. The van der Waals surface area contributed by atoms with Crippen molar-refractivity contribution >= 4 is 5.91 Å². The fraction of sp³-hybridized carbons (Fsp3) is 0.562. The lowest BCUT2D eigenvalue weighted by molar-refractivity contribution is -0.120. The molecule has 110 valence electrons. The first kappa shape index (κ1) is 15.0. The van der Waals surface area contributed by atoms with Crippen molar-refractivity contribution in [3.8, 4) is 0 Å². The van der Waals surface area contributed by atoms with Crippen LogP contribution < -0.4 is 10.6 Å². The standard InChI is InChI=1S/C16H23FN2O/c1-16(2,13-4-3-5-14(17)8-13)11-19-15(20)10-18-9-12-6-7-12/h3-5,8,12,18H,6-7,9-11H2,1-2H3,(H,19,20). The molecule has 0 aromatic heterocycles. The highest BCUT2D eigenvalue weighted by Crippen LogP contribution is 2.27. The van der Waals surface area contributed by atoms with Gasteiger partial charge in [0.1, 0.15) is 5.82 Å². The molecule has 1 aliphatic rings. The second-order valence-electron chi connectivity index (χ2n) is 6.25. The van der Waals surface area contributed by atoms with Gasteiger partial charge in [0.2, 0.25) is 5.91 Å². The molecule has 4 heteroatoms. The molecule has 1 aromatic rings. The molecule has 0 bridgehead atoms. The molecule has 3 nitrogen and oxygen atoms in total. The number of nitrogens with one attached hydrogen (secondary N) is 2.